The molecule has 7 heteroatoms. The Morgan fingerprint density at radius 3 is 2.86 bits per heavy atom. The lowest BCUT2D eigenvalue weighted by Crippen LogP contribution is -2.35. The highest BCUT2D eigenvalue weighted by atomic mass is 35.5. The maximum atomic E-state index is 13.1. The summed E-state index contributed by atoms with van der Waals surface area (Å²) >= 11 is 12.8. The largest absolute Gasteiger partial charge is 0.459 e. The van der Waals surface area contributed by atoms with Crippen LogP contribution in [-0.4, -0.2) is 31.1 Å². The zero-order valence-corrected chi connectivity index (χ0v) is 17.7. The first-order chi connectivity index (χ1) is 14.0. The van der Waals surface area contributed by atoms with Crippen molar-refractivity contribution in [2.45, 2.75) is 51.0 Å². The SMILES string of the molecule is CC1=C(C(=O)OC[C@H]2CCCO2)[C@H](c2cccc(Cl)c2Cl)C2=C(CCCC2=O)N1. The number of nitrogens with one attached hydrogen (secondary N) is 1. The average Bonchev–Trinajstić information content (AvgIpc) is 3.21. The fraction of sp³-hybridized carbons (Fsp3) is 0.455. The molecule has 0 radical (unpaired) electrons. The van der Waals surface area contributed by atoms with Crippen molar-refractivity contribution in [3.8, 4) is 0 Å². The first kappa shape index (κ1) is 20.5. The van der Waals surface area contributed by atoms with Crippen LogP contribution in [0.1, 0.15) is 50.5 Å². The van der Waals surface area contributed by atoms with Crippen molar-refractivity contribution in [2.75, 3.05) is 13.2 Å². The van der Waals surface area contributed by atoms with E-state index in [2.05, 4.69) is 5.32 Å². The second kappa shape index (κ2) is 8.50. The van der Waals surface area contributed by atoms with Gasteiger partial charge in [-0.05, 0) is 44.2 Å². The normalized spacial score (nSPS) is 24.4. The molecule has 0 amide bonds. The molecule has 0 aromatic heterocycles. The molecule has 1 aliphatic carbocycles. The molecule has 1 fully saturated rings. The van der Waals surface area contributed by atoms with E-state index in [4.69, 9.17) is 32.7 Å². The summed E-state index contributed by atoms with van der Waals surface area (Å²) in [5.41, 5.74) is 3.18. The van der Waals surface area contributed by atoms with Gasteiger partial charge in [0.1, 0.15) is 6.61 Å². The van der Waals surface area contributed by atoms with Crippen LogP contribution in [0.3, 0.4) is 0 Å². The molecule has 3 aliphatic rings. The number of rotatable bonds is 4. The third-order valence-electron chi connectivity index (χ3n) is 5.71. The summed E-state index contributed by atoms with van der Waals surface area (Å²) in [6.45, 7) is 2.72. The number of ether oxygens (including phenoxy) is 2. The topological polar surface area (TPSA) is 64.6 Å². The van der Waals surface area contributed by atoms with Gasteiger partial charge in [-0.1, -0.05) is 35.3 Å². The van der Waals surface area contributed by atoms with E-state index in [1.807, 2.05) is 13.0 Å². The predicted octanol–water partition coefficient (Wildman–Crippen LogP) is 4.68. The number of benzene rings is 1. The van der Waals surface area contributed by atoms with Gasteiger partial charge < -0.3 is 14.8 Å². The lowest BCUT2D eigenvalue weighted by Gasteiger charge is -2.34. The van der Waals surface area contributed by atoms with E-state index in [-0.39, 0.29) is 18.5 Å². The summed E-state index contributed by atoms with van der Waals surface area (Å²) in [6.07, 6.45) is 3.76. The Bertz CT molecular complexity index is 915. The number of carbonyl (C=O) groups is 2. The third-order valence-corrected chi connectivity index (χ3v) is 6.55. The Labute approximate surface area is 180 Å². The summed E-state index contributed by atoms with van der Waals surface area (Å²) < 4.78 is 11.2. The highest BCUT2D eigenvalue weighted by molar-refractivity contribution is 6.42. The molecule has 2 atom stereocenters. The molecule has 5 nitrogen and oxygen atoms in total. The van der Waals surface area contributed by atoms with Crippen LogP contribution in [0.2, 0.25) is 10.0 Å². The van der Waals surface area contributed by atoms with Crippen molar-refractivity contribution in [1.82, 2.24) is 5.32 Å². The van der Waals surface area contributed by atoms with Crippen molar-refractivity contribution in [3.63, 3.8) is 0 Å². The van der Waals surface area contributed by atoms with E-state index in [1.54, 1.807) is 12.1 Å². The van der Waals surface area contributed by atoms with E-state index in [1.165, 1.54) is 0 Å². The van der Waals surface area contributed by atoms with E-state index in [9.17, 15) is 9.59 Å². The molecule has 2 heterocycles. The zero-order chi connectivity index (χ0) is 20.5. The van der Waals surface area contributed by atoms with E-state index in [0.717, 1.165) is 31.4 Å². The maximum Gasteiger partial charge on any atom is 0.336 e. The second-order valence-electron chi connectivity index (χ2n) is 7.64. The van der Waals surface area contributed by atoms with Crippen LogP contribution in [-0.2, 0) is 19.1 Å². The number of hydrogen-bond donors (Lipinski definition) is 1. The van der Waals surface area contributed by atoms with Crippen LogP contribution in [0.25, 0.3) is 0 Å². The molecule has 2 aliphatic heterocycles. The smallest absolute Gasteiger partial charge is 0.336 e. The molecule has 0 saturated carbocycles. The quantitative estimate of drug-likeness (QED) is 0.695. The van der Waals surface area contributed by atoms with Crippen molar-refractivity contribution in [2.24, 2.45) is 0 Å². The van der Waals surface area contributed by atoms with Crippen LogP contribution in [0, 0.1) is 0 Å². The number of Topliss-reactive ketones (excluding diaryl/α,β-unsaturated/α-hetero) is 1. The zero-order valence-electron chi connectivity index (χ0n) is 16.2. The molecule has 4 rings (SSSR count). The molecule has 0 unspecified atom stereocenters. The van der Waals surface area contributed by atoms with Crippen molar-refractivity contribution in [3.05, 3.63) is 56.3 Å². The molecule has 1 saturated heterocycles. The highest BCUT2D eigenvalue weighted by Crippen LogP contribution is 2.45. The molecule has 1 aromatic rings. The highest BCUT2D eigenvalue weighted by Gasteiger charge is 2.40. The summed E-state index contributed by atoms with van der Waals surface area (Å²) in [4.78, 5) is 26.0. The monoisotopic (exact) mass is 435 g/mol. The first-order valence-electron chi connectivity index (χ1n) is 9.94. The van der Waals surface area contributed by atoms with Gasteiger partial charge in [-0.25, -0.2) is 4.79 Å². The van der Waals surface area contributed by atoms with Crippen molar-refractivity contribution < 1.29 is 19.1 Å². The minimum atomic E-state index is -0.595. The molecular formula is C22H23Cl2NO4. The number of carbonyl (C=O) groups excluding carboxylic acids is 2. The van der Waals surface area contributed by atoms with Crippen LogP contribution in [0.15, 0.2) is 40.7 Å². The number of ketones is 1. The first-order valence-corrected chi connectivity index (χ1v) is 10.7. The van der Waals surface area contributed by atoms with Gasteiger partial charge >= 0.3 is 5.97 Å². The van der Waals surface area contributed by atoms with Crippen LogP contribution in [0.4, 0.5) is 0 Å². The Hall–Kier alpha value is -1.82. The van der Waals surface area contributed by atoms with Gasteiger partial charge in [0.2, 0.25) is 0 Å². The van der Waals surface area contributed by atoms with Crippen LogP contribution >= 0.6 is 23.2 Å². The summed E-state index contributed by atoms with van der Waals surface area (Å²) in [7, 11) is 0. The minimum absolute atomic E-state index is 0.0247. The van der Waals surface area contributed by atoms with Gasteiger partial charge in [-0.2, -0.15) is 0 Å². The van der Waals surface area contributed by atoms with Crippen LogP contribution < -0.4 is 5.32 Å². The van der Waals surface area contributed by atoms with Crippen LogP contribution in [0.5, 0.6) is 0 Å². The molecule has 1 aromatic carbocycles. The molecule has 29 heavy (non-hydrogen) atoms. The van der Waals surface area contributed by atoms with Gasteiger partial charge in [0.25, 0.3) is 0 Å². The number of halogens is 2. The number of dihydropyridines is 1. The van der Waals surface area contributed by atoms with Gasteiger partial charge in [0.15, 0.2) is 5.78 Å². The van der Waals surface area contributed by atoms with Crippen molar-refractivity contribution >= 4 is 35.0 Å². The third kappa shape index (κ3) is 3.96. The molecule has 154 valence electrons. The number of hydrogen-bond acceptors (Lipinski definition) is 5. The standard InChI is InChI=1S/C22H23Cl2NO4/c1-12-18(22(27)29-11-13-5-4-10-28-13)19(14-6-2-7-15(23)21(14)24)20-16(25-12)8-3-9-17(20)26/h2,6-7,13,19,25H,3-5,8-11H2,1H3/t13-,19+/m1/s1. The van der Waals surface area contributed by atoms with Gasteiger partial charge in [0.05, 0.1) is 21.7 Å². The fourth-order valence-corrected chi connectivity index (χ4v) is 4.75. The second-order valence-corrected chi connectivity index (χ2v) is 8.43. The summed E-state index contributed by atoms with van der Waals surface area (Å²) in [6, 6.07) is 5.29. The van der Waals surface area contributed by atoms with Crippen molar-refractivity contribution in [1.29, 1.82) is 0 Å². The Kier molecular flexibility index (Phi) is 6.00. The summed E-state index contributed by atoms with van der Waals surface area (Å²) in [5.74, 6) is -1.03. The summed E-state index contributed by atoms with van der Waals surface area (Å²) in [5, 5.41) is 4.01. The van der Waals surface area contributed by atoms with Gasteiger partial charge in [-0.3, -0.25) is 4.79 Å². The van der Waals surface area contributed by atoms with Gasteiger partial charge in [-0.15, -0.1) is 0 Å². The average molecular weight is 436 g/mol. The van der Waals surface area contributed by atoms with E-state index < -0.39 is 11.9 Å². The molecular weight excluding hydrogens is 413 g/mol. The molecule has 0 bridgehead atoms. The lowest BCUT2D eigenvalue weighted by atomic mass is 9.75. The maximum absolute atomic E-state index is 13.1. The minimum Gasteiger partial charge on any atom is -0.459 e. The molecule has 0 spiro atoms. The Morgan fingerprint density at radius 1 is 1.28 bits per heavy atom. The number of allylic oxidation sites excluding steroid dienone is 3. The van der Waals surface area contributed by atoms with Gasteiger partial charge in [0, 0.05) is 35.9 Å². The Balaban J connectivity index is 1.74. The fourth-order valence-electron chi connectivity index (χ4n) is 4.33. The van der Waals surface area contributed by atoms with E-state index in [0.29, 0.717) is 45.5 Å². The Morgan fingerprint density at radius 2 is 2.10 bits per heavy atom. The predicted molar refractivity (Wildman–Crippen MR) is 111 cm³/mol. The number of esters is 1. The molecule has 1 N–H and O–H groups in total. The van der Waals surface area contributed by atoms with E-state index >= 15 is 0 Å². The lowest BCUT2D eigenvalue weighted by molar-refractivity contribution is -0.142.